The Bertz CT molecular complexity index is 2160. The molecule has 3 fully saturated rings. The van der Waals surface area contributed by atoms with Gasteiger partial charge in [0, 0.05) is 48.7 Å². The SMILES string of the molecule is COCCOc1cc2c(Cl)cccc2c(O[C@@H]2C[C@H]3C(=O)C[C@]4(C(=O)NS(=O)(=O)C5(C)CC5)C[C@H]4/C=C\CC[C@@H](C)C[C@@H](C)[C@H](CC(=O)OC(C)(C)C(C)(F)F)C(=O)N3C2)n1. The summed E-state index contributed by atoms with van der Waals surface area (Å²) in [6.07, 6.45) is 4.93. The number of Topliss-reactive ketones (excluding diaryl/α,β-unsaturated/α-hetero) is 1. The van der Waals surface area contributed by atoms with Crippen molar-refractivity contribution in [2.45, 2.75) is 128 Å². The first-order chi connectivity index (χ1) is 28.5. The Morgan fingerprint density at radius 2 is 1.80 bits per heavy atom. The molecule has 4 aliphatic rings. The van der Waals surface area contributed by atoms with Gasteiger partial charge in [0.2, 0.25) is 33.6 Å². The highest BCUT2D eigenvalue weighted by atomic mass is 35.5. The molecule has 7 atom stereocenters. The van der Waals surface area contributed by atoms with Crippen LogP contribution < -0.4 is 14.2 Å². The lowest BCUT2D eigenvalue weighted by Gasteiger charge is -2.34. The molecule has 0 radical (unpaired) electrons. The van der Waals surface area contributed by atoms with Crippen molar-refractivity contribution in [1.29, 1.82) is 0 Å². The topological polar surface area (TPSA) is 168 Å². The second-order valence-electron chi connectivity index (χ2n) is 18.4. The van der Waals surface area contributed by atoms with E-state index in [4.69, 9.17) is 30.5 Å². The summed E-state index contributed by atoms with van der Waals surface area (Å²) in [4.78, 5) is 63.3. The van der Waals surface area contributed by atoms with E-state index in [1.807, 2.05) is 26.0 Å². The van der Waals surface area contributed by atoms with Gasteiger partial charge >= 0.3 is 5.97 Å². The summed E-state index contributed by atoms with van der Waals surface area (Å²) in [6, 6.07) is 5.70. The molecule has 1 aromatic heterocycles. The number of carbonyl (C=O) groups excluding carboxylic acids is 4. The van der Waals surface area contributed by atoms with E-state index in [-0.39, 0.29) is 56.7 Å². The molecule has 1 aromatic carbocycles. The quantitative estimate of drug-likeness (QED) is 0.123. The third-order valence-corrected chi connectivity index (χ3v) is 15.7. The number of rotatable bonds is 13. The number of ketones is 1. The number of hydrogen-bond acceptors (Lipinski definition) is 11. The summed E-state index contributed by atoms with van der Waals surface area (Å²) >= 11 is 6.60. The molecule has 0 unspecified atom stereocenters. The van der Waals surface area contributed by atoms with Gasteiger partial charge in [-0.3, -0.25) is 23.9 Å². The van der Waals surface area contributed by atoms with Crippen molar-refractivity contribution < 1.29 is 55.3 Å². The van der Waals surface area contributed by atoms with Crippen LogP contribution in [0, 0.1) is 29.1 Å². The molecular weight excluding hydrogens is 836 g/mol. The number of amides is 2. The minimum Gasteiger partial charge on any atom is -0.475 e. The number of nitrogens with zero attached hydrogens (tertiary/aromatic N) is 2. The van der Waals surface area contributed by atoms with E-state index in [0.717, 1.165) is 13.8 Å². The molecule has 1 N–H and O–H groups in total. The maximum absolute atomic E-state index is 15.0. The smallest absolute Gasteiger partial charge is 0.307 e. The predicted octanol–water partition coefficient (Wildman–Crippen LogP) is 7.22. The summed E-state index contributed by atoms with van der Waals surface area (Å²) in [7, 11) is -2.50. The highest BCUT2D eigenvalue weighted by Gasteiger charge is 2.63. The van der Waals surface area contributed by atoms with E-state index >= 15 is 4.79 Å². The van der Waals surface area contributed by atoms with Crippen LogP contribution in [0.25, 0.3) is 10.8 Å². The van der Waals surface area contributed by atoms with E-state index in [0.29, 0.717) is 54.8 Å². The van der Waals surface area contributed by atoms with Crippen LogP contribution in [0.15, 0.2) is 36.4 Å². The first-order valence-corrected chi connectivity index (χ1v) is 22.9. The van der Waals surface area contributed by atoms with Crippen LogP contribution in [0.4, 0.5) is 8.78 Å². The van der Waals surface area contributed by atoms with Gasteiger partial charge in [-0.2, -0.15) is 4.98 Å². The zero-order valence-electron chi connectivity index (χ0n) is 35.9. The number of nitrogens with one attached hydrogen (secondary N) is 1. The van der Waals surface area contributed by atoms with E-state index < -0.39 is 91.6 Å². The minimum atomic E-state index is -4.03. The molecule has 0 spiro atoms. The molecule has 2 aliphatic carbocycles. The number of methoxy groups -OCH3 is 1. The normalized spacial score (nSPS) is 28.8. The molecule has 0 bridgehead atoms. The number of fused-ring (bicyclic) bond motifs is 3. The van der Waals surface area contributed by atoms with Gasteiger partial charge in [-0.25, -0.2) is 17.2 Å². The third-order valence-electron chi connectivity index (χ3n) is 13.2. The van der Waals surface area contributed by atoms with Crippen LogP contribution in [-0.4, -0.2) is 97.2 Å². The fraction of sp³-hybridized carbons (Fsp3) is 0.659. The molecule has 2 aliphatic heterocycles. The number of pyridine rings is 1. The van der Waals surface area contributed by atoms with Crippen molar-refractivity contribution in [3.05, 3.63) is 41.4 Å². The van der Waals surface area contributed by atoms with Crippen molar-refractivity contribution in [1.82, 2.24) is 14.6 Å². The van der Waals surface area contributed by atoms with E-state index in [1.54, 1.807) is 31.2 Å². The number of carbonyl (C=O) groups is 4. The molecule has 3 heterocycles. The number of hydrogen-bond donors (Lipinski definition) is 1. The summed E-state index contributed by atoms with van der Waals surface area (Å²) in [5.41, 5.74) is -3.54. The monoisotopic (exact) mass is 893 g/mol. The number of alkyl halides is 2. The van der Waals surface area contributed by atoms with Crippen LogP contribution in [0.1, 0.15) is 99.3 Å². The Morgan fingerprint density at radius 1 is 1.08 bits per heavy atom. The number of halogens is 3. The van der Waals surface area contributed by atoms with Gasteiger partial charge in [0.25, 0.3) is 5.92 Å². The highest BCUT2D eigenvalue weighted by molar-refractivity contribution is 7.91. The van der Waals surface area contributed by atoms with Gasteiger partial charge in [0.15, 0.2) is 11.4 Å². The molecular formula is C44H58ClF2N3O10S. The van der Waals surface area contributed by atoms with Crippen molar-refractivity contribution >= 4 is 56.0 Å². The average molecular weight is 894 g/mol. The van der Waals surface area contributed by atoms with Gasteiger partial charge in [-0.05, 0) is 89.2 Å². The number of allylic oxidation sites excluding steroid dienone is 2. The van der Waals surface area contributed by atoms with Crippen LogP contribution >= 0.6 is 11.6 Å². The highest BCUT2D eigenvalue weighted by Crippen LogP contribution is 2.58. The van der Waals surface area contributed by atoms with E-state index in [9.17, 15) is 31.6 Å². The molecule has 13 nitrogen and oxygen atoms in total. The Balaban J connectivity index is 1.37. The summed E-state index contributed by atoms with van der Waals surface area (Å²) < 4.78 is 79.6. The number of ether oxygens (including phenoxy) is 4. The zero-order valence-corrected chi connectivity index (χ0v) is 37.5. The summed E-state index contributed by atoms with van der Waals surface area (Å²) in [5, 5.41) is 1.53. The third kappa shape index (κ3) is 10.2. The van der Waals surface area contributed by atoms with Crippen molar-refractivity contribution in [3.8, 4) is 11.8 Å². The lowest BCUT2D eigenvalue weighted by atomic mass is 9.82. The van der Waals surface area contributed by atoms with Crippen molar-refractivity contribution in [2.75, 3.05) is 26.9 Å². The Labute approximate surface area is 361 Å². The zero-order chi connectivity index (χ0) is 44.7. The van der Waals surface area contributed by atoms with Crippen molar-refractivity contribution in [3.63, 3.8) is 0 Å². The Morgan fingerprint density at radius 3 is 2.48 bits per heavy atom. The molecule has 2 amide bonds. The first kappa shape index (κ1) is 46.6. The van der Waals surface area contributed by atoms with Crippen LogP contribution in [0.5, 0.6) is 11.8 Å². The van der Waals surface area contributed by atoms with Crippen molar-refractivity contribution in [2.24, 2.45) is 29.1 Å². The molecule has 2 saturated carbocycles. The second-order valence-corrected chi connectivity index (χ2v) is 21.0. The predicted molar refractivity (Wildman–Crippen MR) is 224 cm³/mol. The number of esters is 1. The summed E-state index contributed by atoms with van der Waals surface area (Å²) in [6.45, 7) is 8.62. The number of benzene rings is 1. The van der Waals surface area contributed by atoms with E-state index in [1.165, 1.54) is 12.0 Å². The van der Waals surface area contributed by atoms with E-state index in [2.05, 4.69) is 9.71 Å². The Hall–Kier alpha value is -3.89. The fourth-order valence-corrected chi connectivity index (χ4v) is 9.98. The van der Waals surface area contributed by atoms with Crippen LogP contribution in [0.3, 0.4) is 0 Å². The van der Waals surface area contributed by atoms with Gasteiger partial charge in [-0.1, -0.05) is 43.7 Å². The fourth-order valence-electron chi connectivity index (χ4n) is 8.42. The second kappa shape index (κ2) is 17.7. The lowest BCUT2D eigenvalue weighted by Crippen LogP contribution is -2.49. The number of aromatic nitrogens is 1. The maximum atomic E-state index is 15.0. The molecule has 6 rings (SSSR count). The van der Waals surface area contributed by atoms with Gasteiger partial charge < -0.3 is 23.8 Å². The van der Waals surface area contributed by atoms with Gasteiger partial charge in [0.05, 0.1) is 41.7 Å². The molecule has 1 saturated heterocycles. The molecule has 61 heavy (non-hydrogen) atoms. The summed E-state index contributed by atoms with van der Waals surface area (Å²) in [5.74, 6) is -7.73. The molecule has 17 heteroatoms. The molecule has 336 valence electrons. The minimum absolute atomic E-state index is 0.0331. The van der Waals surface area contributed by atoms with Crippen LogP contribution in [0.2, 0.25) is 5.02 Å². The number of sulfonamides is 1. The first-order valence-electron chi connectivity index (χ1n) is 21.0. The average Bonchev–Trinajstić information content (AvgIpc) is 4.05. The lowest BCUT2D eigenvalue weighted by molar-refractivity contribution is -0.197. The largest absolute Gasteiger partial charge is 0.475 e. The Kier molecular flexibility index (Phi) is 13.5. The standard InChI is InChI=1S/C44H58ClF2N3O10S/c1-26-11-8-9-12-28-23-44(28,40(54)49-61(55,56)42(5)15-16-42)24-35(51)34-20-29(59-38-30-13-10-14-33(45)32(30)21-36(48-38)58-18-17-57-7)25-50(34)39(53)31(27(2)19-26)22-37(52)60-41(3,4)43(6,46)47/h9-10,12-14,21,26-29,31,34H,8,11,15-20,22-25H2,1-7H3,(H,49,54)/b12-9-/t26-,27-,28-,29-,31+,34+,44-/m1/s1. The van der Waals surface area contributed by atoms with Crippen LogP contribution in [-0.2, 0) is 38.7 Å². The molecule has 2 aromatic rings. The maximum Gasteiger partial charge on any atom is 0.307 e. The van der Waals surface area contributed by atoms with Gasteiger partial charge in [-0.15, -0.1) is 0 Å². The van der Waals surface area contributed by atoms with Gasteiger partial charge in [0.1, 0.15) is 12.7 Å².